The summed E-state index contributed by atoms with van der Waals surface area (Å²) in [5.74, 6) is 2.38. The molecule has 0 bridgehead atoms. The number of hydrogen-bond acceptors (Lipinski definition) is 5. The SMILES string of the molecule is Cc1cc(CN2CCn3cc(C(=O)NCC4CC4)nc3[C@H]2C)no1. The van der Waals surface area contributed by atoms with Crippen LogP contribution in [0.4, 0.5) is 0 Å². The summed E-state index contributed by atoms with van der Waals surface area (Å²) in [7, 11) is 0. The van der Waals surface area contributed by atoms with Crippen molar-refractivity contribution in [3.8, 4) is 0 Å². The van der Waals surface area contributed by atoms with Crippen molar-refractivity contribution < 1.29 is 9.32 Å². The molecule has 1 saturated carbocycles. The number of nitrogens with zero attached hydrogens (tertiary/aromatic N) is 4. The lowest BCUT2D eigenvalue weighted by atomic mass is 10.2. The second-order valence-corrected chi connectivity index (χ2v) is 6.91. The van der Waals surface area contributed by atoms with Crippen LogP contribution < -0.4 is 5.32 Å². The Bertz CT molecular complexity index is 746. The zero-order chi connectivity index (χ0) is 16.7. The minimum absolute atomic E-state index is 0.0605. The van der Waals surface area contributed by atoms with Crippen LogP contribution in [0.2, 0.25) is 0 Å². The summed E-state index contributed by atoms with van der Waals surface area (Å²) < 4.78 is 7.25. The summed E-state index contributed by atoms with van der Waals surface area (Å²) in [4.78, 5) is 19.2. The normalized spacial score (nSPS) is 20.8. The van der Waals surface area contributed by atoms with Crippen LogP contribution in [-0.2, 0) is 13.1 Å². The molecule has 3 heterocycles. The molecule has 1 N–H and O–H groups in total. The molecule has 2 aromatic rings. The van der Waals surface area contributed by atoms with Gasteiger partial charge < -0.3 is 14.4 Å². The van der Waals surface area contributed by atoms with Crippen molar-refractivity contribution in [2.24, 2.45) is 5.92 Å². The minimum atomic E-state index is -0.0605. The van der Waals surface area contributed by atoms with Crippen molar-refractivity contribution in [1.29, 1.82) is 0 Å². The molecule has 1 aliphatic carbocycles. The molecule has 128 valence electrons. The Kier molecular flexibility index (Phi) is 3.88. The van der Waals surface area contributed by atoms with E-state index in [-0.39, 0.29) is 11.9 Å². The van der Waals surface area contributed by atoms with Gasteiger partial charge in [-0.05, 0) is 32.6 Å². The van der Waals surface area contributed by atoms with E-state index in [4.69, 9.17) is 4.52 Å². The number of imidazole rings is 1. The standard InChI is InChI=1S/C17H23N5O2/c1-11-7-14(20-24-11)9-21-5-6-22-10-15(19-16(22)12(21)2)17(23)18-8-13-3-4-13/h7,10,12-13H,3-6,8-9H2,1-2H3,(H,18,23)/t12-/m1/s1. The number of rotatable bonds is 5. The van der Waals surface area contributed by atoms with Crippen molar-refractivity contribution in [1.82, 2.24) is 24.9 Å². The third-order valence-corrected chi connectivity index (χ3v) is 4.88. The van der Waals surface area contributed by atoms with Crippen molar-refractivity contribution in [3.63, 3.8) is 0 Å². The highest BCUT2D eigenvalue weighted by Crippen LogP contribution is 2.28. The van der Waals surface area contributed by atoms with Crippen molar-refractivity contribution in [3.05, 3.63) is 35.2 Å². The fourth-order valence-electron chi connectivity index (χ4n) is 3.21. The molecule has 24 heavy (non-hydrogen) atoms. The molecular weight excluding hydrogens is 306 g/mol. The molecule has 1 fully saturated rings. The Hall–Kier alpha value is -2.15. The van der Waals surface area contributed by atoms with Gasteiger partial charge >= 0.3 is 0 Å². The highest BCUT2D eigenvalue weighted by atomic mass is 16.5. The van der Waals surface area contributed by atoms with Gasteiger partial charge in [0.1, 0.15) is 17.3 Å². The van der Waals surface area contributed by atoms with Gasteiger partial charge in [-0.15, -0.1) is 0 Å². The van der Waals surface area contributed by atoms with Crippen LogP contribution in [0.5, 0.6) is 0 Å². The third kappa shape index (κ3) is 3.08. The van der Waals surface area contributed by atoms with Crippen molar-refractivity contribution in [2.75, 3.05) is 13.1 Å². The lowest BCUT2D eigenvalue weighted by Gasteiger charge is -2.32. The second-order valence-electron chi connectivity index (χ2n) is 6.91. The van der Waals surface area contributed by atoms with Crippen LogP contribution in [0.3, 0.4) is 0 Å². The van der Waals surface area contributed by atoms with Gasteiger partial charge in [0.15, 0.2) is 0 Å². The van der Waals surface area contributed by atoms with Gasteiger partial charge in [-0.1, -0.05) is 5.16 Å². The van der Waals surface area contributed by atoms with E-state index in [9.17, 15) is 4.79 Å². The summed E-state index contributed by atoms with van der Waals surface area (Å²) in [6.45, 7) is 7.26. The number of aromatic nitrogens is 3. The third-order valence-electron chi connectivity index (χ3n) is 4.88. The Labute approximate surface area is 141 Å². The Balaban J connectivity index is 1.45. The fourth-order valence-corrected chi connectivity index (χ4v) is 3.21. The van der Waals surface area contributed by atoms with Gasteiger partial charge in [0.25, 0.3) is 5.91 Å². The maximum Gasteiger partial charge on any atom is 0.271 e. The molecule has 0 saturated heterocycles. The topological polar surface area (TPSA) is 76.2 Å². The molecule has 2 aliphatic rings. The quantitative estimate of drug-likeness (QED) is 0.906. The summed E-state index contributed by atoms with van der Waals surface area (Å²) in [5, 5.41) is 7.06. The summed E-state index contributed by atoms with van der Waals surface area (Å²) in [6, 6.07) is 2.10. The second kappa shape index (κ2) is 6.05. The van der Waals surface area contributed by atoms with Crippen LogP contribution in [0.1, 0.15) is 53.6 Å². The number of carbonyl (C=O) groups is 1. The van der Waals surface area contributed by atoms with E-state index in [0.29, 0.717) is 11.6 Å². The number of carbonyl (C=O) groups excluding carboxylic acids is 1. The van der Waals surface area contributed by atoms with Gasteiger partial charge in [-0.3, -0.25) is 9.69 Å². The average molecular weight is 329 g/mol. The molecule has 0 unspecified atom stereocenters. The van der Waals surface area contributed by atoms with Crippen molar-refractivity contribution in [2.45, 2.75) is 45.8 Å². The Morgan fingerprint density at radius 3 is 2.96 bits per heavy atom. The summed E-state index contributed by atoms with van der Waals surface area (Å²) in [5.41, 5.74) is 1.46. The first kappa shape index (κ1) is 15.4. The van der Waals surface area contributed by atoms with E-state index in [1.165, 1.54) is 12.8 Å². The van der Waals surface area contributed by atoms with Gasteiger partial charge in [0.05, 0.1) is 11.7 Å². The van der Waals surface area contributed by atoms with Crippen LogP contribution in [0.15, 0.2) is 16.8 Å². The molecule has 0 aromatic carbocycles. The largest absolute Gasteiger partial charge is 0.361 e. The Morgan fingerprint density at radius 2 is 2.25 bits per heavy atom. The summed E-state index contributed by atoms with van der Waals surface area (Å²) in [6.07, 6.45) is 4.34. The molecule has 1 amide bonds. The van der Waals surface area contributed by atoms with Crippen LogP contribution in [0, 0.1) is 12.8 Å². The fraction of sp³-hybridized carbons (Fsp3) is 0.588. The van der Waals surface area contributed by atoms with Crippen LogP contribution >= 0.6 is 0 Å². The molecule has 2 aromatic heterocycles. The van der Waals surface area contributed by atoms with E-state index >= 15 is 0 Å². The highest BCUT2D eigenvalue weighted by Gasteiger charge is 2.28. The average Bonchev–Trinajstić information content (AvgIpc) is 3.14. The van der Waals surface area contributed by atoms with E-state index in [0.717, 1.165) is 43.5 Å². The first-order chi connectivity index (χ1) is 11.6. The number of hydrogen-bond donors (Lipinski definition) is 1. The van der Waals surface area contributed by atoms with Gasteiger partial charge in [-0.2, -0.15) is 0 Å². The maximum atomic E-state index is 12.3. The first-order valence-corrected chi connectivity index (χ1v) is 8.61. The lowest BCUT2D eigenvalue weighted by Crippen LogP contribution is -2.36. The zero-order valence-corrected chi connectivity index (χ0v) is 14.2. The smallest absolute Gasteiger partial charge is 0.271 e. The van der Waals surface area contributed by atoms with Crippen LogP contribution in [-0.4, -0.2) is 38.6 Å². The maximum absolute atomic E-state index is 12.3. The molecule has 7 heteroatoms. The Morgan fingerprint density at radius 1 is 1.42 bits per heavy atom. The van der Waals surface area contributed by atoms with Gasteiger partial charge in [0, 0.05) is 38.4 Å². The number of nitrogens with one attached hydrogen (secondary N) is 1. The molecule has 4 rings (SSSR count). The van der Waals surface area contributed by atoms with Gasteiger partial charge in [0.2, 0.25) is 0 Å². The van der Waals surface area contributed by atoms with E-state index < -0.39 is 0 Å². The number of fused-ring (bicyclic) bond motifs is 1. The molecule has 7 nitrogen and oxygen atoms in total. The van der Waals surface area contributed by atoms with E-state index in [1.807, 2.05) is 19.2 Å². The first-order valence-electron chi connectivity index (χ1n) is 8.61. The highest BCUT2D eigenvalue weighted by molar-refractivity contribution is 5.92. The van der Waals surface area contributed by atoms with E-state index in [1.54, 1.807) is 0 Å². The summed E-state index contributed by atoms with van der Waals surface area (Å²) >= 11 is 0. The van der Waals surface area contributed by atoms with Crippen LogP contribution in [0.25, 0.3) is 0 Å². The molecule has 1 aliphatic heterocycles. The molecule has 0 spiro atoms. The zero-order valence-electron chi connectivity index (χ0n) is 14.2. The van der Waals surface area contributed by atoms with Gasteiger partial charge in [-0.25, -0.2) is 4.98 Å². The monoisotopic (exact) mass is 329 g/mol. The minimum Gasteiger partial charge on any atom is -0.361 e. The lowest BCUT2D eigenvalue weighted by molar-refractivity contribution is 0.0947. The number of aryl methyl sites for hydroxylation is 1. The number of amides is 1. The molecular formula is C17H23N5O2. The molecule has 0 radical (unpaired) electrons. The molecule has 1 atom stereocenters. The van der Waals surface area contributed by atoms with Crippen molar-refractivity contribution >= 4 is 5.91 Å². The van der Waals surface area contributed by atoms with E-state index in [2.05, 4.69) is 31.8 Å². The predicted molar refractivity (Wildman–Crippen MR) is 87.3 cm³/mol. The predicted octanol–water partition coefficient (Wildman–Crippen LogP) is 1.90.